The zero-order valence-corrected chi connectivity index (χ0v) is 16.8. The molecule has 2 unspecified atom stereocenters. The number of carboxylic acid groups (broad SMARTS) is 1. The number of rotatable bonds is 5. The molecular weight excluding hydrogens is 368 g/mol. The molecule has 1 aromatic carbocycles. The van der Waals surface area contributed by atoms with Gasteiger partial charge in [-0.3, -0.25) is 14.5 Å². The van der Waals surface area contributed by atoms with Crippen LogP contribution in [0.4, 0.5) is 0 Å². The van der Waals surface area contributed by atoms with Crippen LogP contribution in [0.3, 0.4) is 0 Å². The first-order valence-electron chi connectivity index (χ1n) is 10.9. The topological polar surface area (TPSA) is 78.9 Å². The van der Waals surface area contributed by atoms with E-state index in [1.807, 2.05) is 18.2 Å². The summed E-state index contributed by atoms with van der Waals surface area (Å²) < 4.78 is 5.81. The lowest BCUT2D eigenvalue weighted by Gasteiger charge is -2.58. The van der Waals surface area contributed by atoms with Gasteiger partial charge in [0.2, 0.25) is 0 Å². The van der Waals surface area contributed by atoms with E-state index in [0.717, 1.165) is 32.4 Å². The molecule has 2 N–H and O–H groups in total. The Morgan fingerprint density at radius 2 is 1.86 bits per heavy atom. The molecule has 3 atom stereocenters. The van der Waals surface area contributed by atoms with Crippen molar-refractivity contribution in [3.05, 3.63) is 35.9 Å². The number of carboxylic acids is 1. The molecule has 4 saturated carbocycles. The monoisotopic (exact) mass is 398 g/mol. The molecule has 1 heterocycles. The fraction of sp³-hybridized carbons (Fsp3) is 0.652. The molecule has 1 saturated heterocycles. The van der Waals surface area contributed by atoms with Crippen LogP contribution in [0.15, 0.2) is 30.3 Å². The Morgan fingerprint density at radius 1 is 1.14 bits per heavy atom. The van der Waals surface area contributed by atoms with E-state index in [9.17, 15) is 14.7 Å². The summed E-state index contributed by atoms with van der Waals surface area (Å²) in [5.41, 5.74) is 0.708. The second-order valence-corrected chi connectivity index (χ2v) is 9.67. The minimum absolute atomic E-state index is 0.0235. The van der Waals surface area contributed by atoms with Gasteiger partial charge in [0, 0.05) is 25.7 Å². The number of nitrogens with one attached hydrogen (secondary N) is 1. The van der Waals surface area contributed by atoms with E-state index in [0.29, 0.717) is 43.7 Å². The van der Waals surface area contributed by atoms with Crippen LogP contribution in [0.1, 0.15) is 37.7 Å². The van der Waals surface area contributed by atoms with Crippen LogP contribution in [0.5, 0.6) is 0 Å². The molecule has 6 nitrogen and oxygen atoms in total. The molecule has 5 fully saturated rings. The summed E-state index contributed by atoms with van der Waals surface area (Å²) in [5, 5.41) is 13.1. The highest BCUT2D eigenvalue weighted by atomic mass is 16.5. The van der Waals surface area contributed by atoms with Crippen LogP contribution >= 0.6 is 0 Å². The number of carbonyl (C=O) groups excluding carboxylic acids is 1. The molecule has 0 radical (unpaired) electrons. The van der Waals surface area contributed by atoms with Crippen LogP contribution in [-0.2, 0) is 20.9 Å². The van der Waals surface area contributed by atoms with Gasteiger partial charge >= 0.3 is 5.97 Å². The van der Waals surface area contributed by atoms with E-state index in [2.05, 4.69) is 22.3 Å². The zero-order chi connectivity index (χ0) is 20.0. The Kier molecular flexibility index (Phi) is 4.87. The van der Waals surface area contributed by atoms with Gasteiger partial charge in [-0.15, -0.1) is 0 Å². The second kappa shape index (κ2) is 7.40. The van der Waals surface area contributed by atoms with Gasteiger partial charge in [-0.1, -0.05) is 30.3 Å². The molecule has 5 aliphatic rings. The summed E-state index contributed by atoms with van der Waals surface area (Å²) in [5.74, 6) is 0.457. The van der Waals surface area contributed by atoms with Crippen molar-refractivity contribution < 1.29 is 19.4 Å². The highest BCUT2D eigenvalue weighted by molar-refractivity contribution is 5.82. The standard InChI is InChI=1S/C23H30N2O4/c26-21(19-14-25(6-7-29-19)13-15-4-2-1-3-5-15)24-20-17-8-16-9-18(20)12-23(10-16,11-17)22(27)28/h1-5,16-20H,6-14H2,(H,24,26)(H,27,28)/t16?,17?,18?,19-,20?,23?/m1/s1. The first-order valence-corrected chi connectivity index (χ1v) is 10.9. The number of hydrogen-bond donors (Lipinski definition) is 2. The molecule has 1 aliphatic heterocycles. The van der Waals surface area contributed by atoms with Gasteiger partial charge in [-0.05, 0) is 55.4 Å². The fourth-order valence-electron chi connectivity index (χ4n) is 6.63. The maximum absolute atomic E-state index is 13.0. The van der Waals surface area contributed by atoms with E-state index < -0.39 is 17.5 Å². The molecule has 1 aromatic rings. The van der Waals surface area contributed by atoms with Gasteiger partial charge in [-0.25, -0.2) is 0 Å². The number of carbonyl (C=O) groups is 2. The molecular formula is C23H30N2O4. The van der Waals surface area contributed by atoms with E-state index in [-0.39, 0.29) is 11.9 Å². The summed E-state index contributed by atoms with van der Waals surface area (Å²) in [6.07, 6.45) is 3.93. The number of morpholine rings is 1. The van der Waals surface area contributed by atoms with E-state index in [1.54, 1.807) is 0 Å². The Balaban J connectivity index is 1.21. The predicted octanol–water partition coefficient (Wildman–Crippen LogP) is 2.28. The number of benzene rings is 1. The number of amides is 1. The normalized spacial score (nSPS) is 38.7. The van der Waals surface area contributed by atoms with Gasteiger partial charge in [0.1, 0.15) is 6.10 Å². The van der Waals surface area contributed by atoms with Gasteiger partial charge < -0.3 is 15.2 Å². The van der Waals surface area contributed by atoms with Gasteiger partial charge in [0.15, 0.2) is 0 Å². The summed E-state index contributed by atoms with van der Waals surface area (Å²) in [6, 6.07) is 10.4. The smallest absolute Gasteiger partial charge is 0.309 e. The molecule has 0 aromatic heterocycles. The molecule has 1 amide bonds. The van der Waals surface area contributed by atoms with Crippen molar-refractivity contribution in [3.8, 4) is 0 Å². The lowest BCUT2D eigenvalue weighted by molar-refractivity contribution is -0.168. The van der Waals surface area contributed by atoms with Gasteiger partial charge in [0.05, 0.1) is 12.0 Å². The van der Waals surface area contributed by atoms with E-state index in [4.69, 9.17) is 4.74 Å². The average Bonchev–Trinajstić information content (AvgIpc) is 2.71. The molecule has 4 aliphatic carbocycles. The van der Waals surface area contributed by atoms with E-state index >= 15 is 0 Å². The van der Waals surface area contributed by atoms with Crippen LogP contribution in [0.2, 0.25) is 0 Å². The maximum Gasteiger partial charge on any atom is 0.309 e. The highest BCUT2D eigenvalue weighted by Gasteiger charge is 2.59. The van der Waals surface area contributed by atoms with Crippen LogP contribution in [0, 0.1) is 23.2 Å². The van der Waals surface area contributed by atoms with Crippen LogP contribution in [0.25, 0.3) is 0 Å². The first-order chi connectivity index (χ1) is 14.0. The zero-order valence-electron chi connectivity index (χ0n) is 16.8. The minimum Gasteiger partial charge on any atom is -0.481 e. The largest absolute Gasteiger partial charge is 0.481 e. The molecule has 4 bridgehead atoms. The van der Waals surface area contributed by atoms with Crippen LogP contribution < -0.4 is 5.32 Å². The molecule has 6 heteroatoms. The maximum atomic E-state index is 13.0. The lowest BCUT2D eigenvalue weighted by Crippen LogP contribution is -2.62. The molecule has 156 valence electrons. The Hall–Kier alpha value is -1.92. The van der Waals surface area contributed by atoms with Gasteiger partial charge in [0.25, 0.3) is 5.91 Å². The van der Waals surface area contributed by atoms with E-state index in [1.165, 1.54) is 5.56 Å². The summed E-state index contributed by atoms with van der Waals surface area (Å²) >= 11 is 0. The van der Waals surface area contributed by atoms with Crippen molar-refractivity contribution in [1.29, 1.82) is 0 Å². The van der Waals surface area contributed by atoms with Crippen molar-refractivity contribution >= 4 is 11.9 Å². The van der Waals surface area contributed by atoms with Crippen molar-refractivity contribution in [3.63, 3.8) is 0 Å². The molecule has 29 heavy (non-hydrogen) atoms. The predicted molar refractivity (Wildman–Crippen MR) is 107 cm³/mol. The highest BCUT2D eigenvalue weighted by Crippen LogP contribution is 2.60. The number of aliphatic carboxylic acids is 1. The molecule has 0 spiro atoms. The SMILES string of the molecule is O=C(NC1C2CC3CC1CC(C(=O)O)(C3)C2)[C@H]1CN(Cc2ccccc2)CCO1. The number of ether oxygens (including phenoxy) is 1. The van der Waals surface area contributed by atoms with Crippen molar-refractivity contribution in [2.24, 2.45) is 23.2 Å². The number of nitrogens with zero attached hydrogens (tertiary/aromatic N) is 1. The summed E-state index contributed by atoms with van der Waals surface area (Å²) in [6.45, 7) is 2.82. The van der Waals surface area contributed by atoms with Crippen molar-refractivity contribution in [1.82, 2.24) is 10.2 Å². The third-order valence-corrected chi connectivity index (χ3v) is 7.73. The van der Waals surface area contributed by atoms with Crippen molar-refractivity contribution in [2.75, 3.05) is 19.7 Å². The third kappa shape index (κ3) is 3.57. The average molecular weight is 399 g/mol. The Labute approximate surface area is 171 Å². The Bertz CT molecular complexity index is 766. The van der Waals surface area contributed by atoms with Crippen molar-refractivity contribution in [2.45, 2.75) is 50.8 Å². The Morgan fingerprint density at radius 3 is 2.55 bits per heavy atom. The van der Waals surface area contributed by atoms with Crippen LogP contribution in [-0.4, -0.2) is 53.7 Å². The van der Waals surface area contributed by atoms with Gasteiger partial charge in [-0.2, -0.15) is 0 Å². The number of hydrogen-bond acceptors (Lipinski definition) is 4. The third-order valence-electron chi connectivity index (χ3n) is 7.73. The fourth-order valence-corrected chi connectivity index (χ4v) is 6.63. The summed E-state index contributed by atoms with van der Waals surface area (Å²) in [4.78, 5) is 27.2. The quantitative estimate of drug-likeness (QED) is 0.796. The summed E-state index contributed by atoms with van der Waals surface area (Å²) in [7, 11) is 0. The second-order valence-electron chi connectivity index (χ2n) is 9.67. The first kappa shape index (κ1) is 19.1. The minimum atomic E-state index is -0.631. The molecule has 6 rings (SSSR count). The lowest BCUT2D eigenvalue weighted by atomic mass is 9.48.